The molecule has 2 N–H and O–H groups in total. The van der Waals surface area contributed by atoms with Crippen molar-refractivity contribution in [2.45, 2.75) is 38.5 Å². The summed E-state index contributed by atoms with van der Waals surface area (Å²) in [5, 5.41) is 0. The lowest BCUT2D eigenvalue weighted by atomic mass is 10.1. The molecule has 0 radical (unpaired) electrons. The van der Waals surface area contributed by atoms with Crippen LogP contribution >= 0.6 is 0 Å². The second-order valence-electron chi connectivity index (χ2n) is 5.43. The summed E-state index contributed by atoms with van der Waals surface area (Å²) in [6.07, 6.45) is 6.93. The van der Waals surface area contributed by atoms with E-state index in [0.717, 1.165) is 28.6 Å². The summed E-state index contributed by atoms with van der Waals surface area (Å²) in [7, 11) is 2.01. The van der Waals surface area contributed by atoms with E-state index in [9.17, 15) is 0 Å². The van der Waals surface area contributed by atoms with Crippen LogP contribution in [0, 0.1) is 6.92 Å². The number of nitrogens with two attached hydrogens (primary N) is 1. The quantitative estimate of drug-likeness (QED) is 0.898. The Kier molecular flexibility index (Phi) is 3.01. The maximum Gasteiger partial charge on any atom is 0.131 e. The summed E-state index contributed by atoms with van der Waals surface area (Å²) < 4.78 is 2.05. The van der Waals surface area contributed by atoms with Crippen LogP contribution < -0.4 is 5.73 Å². The number of pyridine rings is 1. The summed E-state index contributed by atoms with van der Waals surface area (Å²) in [5.41, 5.74) is 9.10. The van der Waals surface area contributed by atoms with Gasteiger partial charge in [0.05, 0.1) is 0 Å². The fourth-order valence-electron chi connectivity index (χ4n) is 2.90. The van der Waals surface area contributed by atoms with Crippen LogP contribution in [-0.4, -0.2) is 14.5 Å². The van der Waals surface area contributed by atoms with E-state index in [2.05, 4.69) is 4.98 Å². The van der Waals surface area contributed by atoms with E-state index < -0.39 is 0 Å². The van der Waals surface area contributed by atoms with Crippen LogP contribution in [0.5, 0.6) is 0 Å². The average Bonchev–Trinajstić information content (AvgIpc) is 3.02. The van der Waals surface area contributed by atoms with Crippen LogP contribution in [0.3, 0.4) is 0 Å². The van der Waals surface area contributed by atoms with Gasteiger partial charge in [0.25, 0.3) is 0 Å². The molecule has 0 saturated heterocycles. The summed E-state index contributed by atoms with van der Waals surface area (Å²) in [4.78, 5) is 9.12. The van der Waals surface area contributed by atoms with Crippen molar-refractivity contribution >= 4 is 5.82 Å². The third-order valence-electron chi connectivity index (χ3n) is 4.08. The SMILES string of the molecule is Cc1ccc(-c2nc(C3CCCC3)n(C)c2N)cn1. The van der Waals surface area contributed by atoms with Crippen LogP contribution in [0.2, 0.25) is 0 Å². The molecule has 3 rings (SSSR count). The van der Waals surface area contributed by atoms with Crippen molar-refractivity contribution in [3.8, 4) is 11.3 Å². The molecule has 1 fully saturated rings. The van der Waals surface area contributed by atoms with Crippen molar-refractivity contribution in [1.82, 2.24) is 14.5 Å². The van der Waals surface area contributed by atoms with E-state index in [-0.39, 0.29) is 0 Å². The molecule has 1 aliphatic carbocycles. The van der Waals surface area contributed by atoms with E-state index in [1.165, 1.54) is 25.7 Å². The minimum Gasteiger partial charge on any atom is -0.383 e. The predicted molar refractivity (Wildman–Crippen MR) is 76.8 cm³/mol. The highest BCUT2D eigenvalue weighted by Gasteiger charge is 2.24. The molecule has 4 heteroatoms. The molecule has 100 valence electrons. The molecule has 4 nitrogen and oxygen atoms in total. The monoisotopic (exact) mass is 256 g/mol. The molecule has 2 aromatic heterocycles. The van der Waals surface area contributed by atoms with Crippen molar-refractivity contribution in [1.29, 1.82) is 0 Å². The Bertz CT molecular complexity index is 577. The zero-order chi connectivity index (χ0) is 13.4. The normalized spacial score (nSPS) is 16.1. The van der Waals surface area contributed by atoms with Crippen LogP contribution in [-0.2, 0) is 7.05 Å². The van der Waals surface area contributed by atoms with Crippen molar-refractivity contribution in [2.75, 3.05) is 5.73 Å². The first kappa shape index (κ1) is 12.2. The maximum atomic E-state index is 6.21. The molecular weight excluding hydrogens is 236 g/mol. The van der Waals surface area contributed by atoms with Gasteiger partial charge in [-0.25, -0.2) is 4.98 Å². The molecule has 0 amide bonds. The Morgan fingerprint density at radius 3 is 2.63 bits per heavy atom. The number of hydrogen-bond acceptors (Lipinski definition) is 3. The first-order chi connectivity index (χ1) is 9.16. The fraction of sp³-hybridized carbons (Fsp3) is 0.467. The number of imidazole rings is 1. The van der Waals surface area contributed by atoms with Gasteiger partial charge in [0.1, 0.15) is 17.3 Å². The van der Waals surface area contributed by atoms with Crippen molar-refractivity contribution in [2.24, 2.45) is 7.05 Å². The zero-order valence-electron chi connectivity index (χ0n) is 11.6. The van der Waals surface area contributed by atoms with Gasteiger partial charge in [-0.3, -0.25) is 4.98 Å². The molecule has 0 atom stereocenters. The summed E-state index contributed by atoms with van der Waals surface area (Å²) in [6, 6.07) is 4.04. The lowest BCUT2D eigenvalue weighted by molar-refractivity contribution is 0.635. The summed E-state index contributed by atoms with van der Waals surface area (Å²) >= 11 is 0. The van der Waals surface area contributed by atoms with Crippen molar-refractivity contribution < 1.29 is 0 Å². The van der Waals surface area contributed by atoms with Gasteiger partial charge >= 0.3 is 0 Å². The number of nitrogens with zero attached hydrogens (tertiary/aromatic N) is 3. The van der Waals surface area contributed by atoms with Crippen LogP contribution in [0.4, 0.5) is 5.82 Å². The first-order valence-corrected chi connectivity index (χ1v) is 6.92. The van der Waals surface area contributed by atoms with Crippen molar-refractivity contribution in [3.05, 3.63) is 29.8 Å². The molecule has 1 aliphatic rings. The maximum absolute atomic E-state index is 6.21. The zero-order valence-corrected chi connectivity index (χ0v) is 11.6. The Morgan fingerprint density at radius 2 is 2.00 bits per heavy atom. The number of rotatable bonds is 2. The predicted octanol–water partition coefficient (Wildman–Crippen LogP) is 3.03. The average molecular weight is 256 g/mol. The van der Waals surface area contributed by atoms with Gasteiger partial charge < -0.3 is 10.3 Å². The molecule has 0 unspecified atom stereocenters. The second kappa shape index (κ2) is 4.68. The summed E-state index contributed by atoms with van der Waals surface area (Å²) in [5.74, 6) is 2.44. The van der Waals surface area contributed by atoms with Gasteiger partial charge in [0.2, 0.25) is 0 Å². The van der Waals surface area contributed by atoms with Crippen molar-refractivity contribution in [3.63, 3.8) is 0 Å². The van der Waals surface area contributed by atoms with Crippen LogP contribution in [0.1, 0.15) is 43.1 Å². The third-order valence-corrected chi connectivity index (χ3v) is 4.08. The lowest BCUT2D eigenvalue weighted by Crippen LogP contribution is -2.05. The Morgan fingerprint density at radius 1 is 1.26 bits per heavy atom. The molecule has 19 heavy (non-hydrogen) atoms. The number of aromatic nitrogens is 3. The van der Waals surface area contributed by atoms with Gasteiger partial charge in [-0.15, -0.1) is 0 Å². The number of hydrogen-bond donors (Lipinski definition) is 1. The largest absolute Gasteiger partial charge is 0.383 e. The van der Waals surface area contributed by atoms with Crippen LogP contribution in [0.15, 0.2) is 18.3 Å². The van der Waals surface area contributed by atoms with E-state index in [1.54, 1.807) is 0 Å². The summed E-state index contributed by atoms with van der Waals surface area (Å²) in [6.45, 7) is 1.98. The van der Waals surface area contributed by atoms with Gasteiger partial charge in [0.15, 0.2) is 0 Å². The number of nitrogen functional groups attached to an aromatic ring is 1. The highest BCUT2D eigenvalue weighted by Crippen LogP contribution is 2.36. The molecule has 0 spiro atoms. The molecule has 2 heterocycles. The Balaban J connectivity index is 2.02. The number of anilines is 1. The second-order valence-corrected chi connectivity index (χ2v) is 5.43. The molecule has 0 bridgehead atoms. The fourth-order valence-corrected chi connectivity index (χ4v) is 2.90. The molecular formula is C15H20N4. The molecule has 2 aromatic rings. The minimum atomic E-state index is 0.569. The third kappa shape index (κ3) is 2.11. The highest BCUT2D eigenvalue weighted by atomic mass is 15.1. The molecule has 1 saturated carbocycles. The highest BCUT2D eigenvalue weighted by molar-refractivity contribution is 5.70. The lowest BCUT2D eigenvalue weighted by Gasteiger charge is -2.08. The van der Waals surface area contributed by atoms with E-state index >= 15 is 0 Å². The smallest absolute Gasteiger partial charge is 0.131 e. The number of aryl methyl sites for hydroxylation is 1. The Labute approximate surface area is 113 Å². The Hall–Kier alpha value is -1.84. The standard InChI is InChI=1S/C15H20N4/c1-10-7-8-12(9-17-10)13-14(16)19(2)15(18-13)11-5-3-4-6-11/h7-9,11H,3-6,16H2,1-2H3. The van der Waals surface area contributed by atoms with Gasteiger partial charge in [-0.1, -0.05) is 12.8 Å². The van der Waals surface area contributed by atoms with E-state index in [4.69, 9.17) is 10.7 Å². The van der Waals surface area contributed by atoms with E-state index in [0.29, 0.717) is 5.92 Å². The van der Waals surface area contributed by atoms with Crippen LogP contribution in [0.25, 0.3) is 11.3 Å². The topological polar surface area (TPSA) is 56.7 Å². The molecule has 0 aromatic carbocycles. The van der Waals surface area contributed by atoms with Gasteiger partial charge in [-0.05, 0) is 31.9 Å². The first-order valence-electron chi connectivity index (χ1n) is 6.92. The van der Waals surface area contributed by atoms with Gasteiger partial charge in [-0.2, -0.15) is 0 Å². The van der Waals surface area contributed by atoms with Gasteiger partial charge in [0, 0.05) is 30.4 Å². The van der Waals surface area contributed by atoms with E-state index in [1.807, 2.05) is 36.9 Å². The molecule has 0 aliphatic heterocycles. The minimum absolute atomic E-state index is 0.569.